The number of hydrogen-bond acceptors (Lipinski definition) is 5. The molecule has 0 bridgehead atoms. The van der Waals surface area contributed by atoms with Gasteiger partial charge in [-0.3, -0.25) is 9.78 Å². The number of benzene rings is 1. The highest BCUT2D eigenvalue weighted by Gasteiger charge is 2.23. The van der Waals surface area contributed by atoms with Gasteiger partial charge in [-0.15, -0.1) is 0 Å². The molecule has 6 nitrogen and oxygen atoms in total. The number of rotatable bonds is 4. The topological polar surface area (TPSA) is 71.0 Å². The van der Waals surface area contributed by atoms with Gasteiger partial charge in [-0.2, -0.15) is 0 Å². The van der Waals surface area contributed by atoms with Gasteiger partial charge in [0, 0.05) is 38.1 Å². The van der Waals surface area contributed by atoms with Crippen LogP contribution in [-0.2, 0) is 19.5 Å². The molecular formula is C21H21N5O. The largest absolute Gasteiger partial charge is 0.366 e. The Balaban J connectivity index is 1.50. The molecule has 0 saturated heterocycles. The maximum Gasteiger partial charge on any atom is 0.272 e. The first-order chi connectivity index (χ1) is 13.2. The summed E-state index contributed by atoms with van der Waals surface area (Å²) >= 11 is 0. The number of aromatic nitrogens is 3. The van der Waals surface area contributed by atoms with Crippen LogP contribution in [0.25, 0.3) is 0 Å². The second-order valence-electron chi connectivity index (χ2n) is 6.64. The number of aryl methyl sites for hydroxylation is 1. The first-order valence-electron chi connectivity index (χ1n) is 9.03. The van der Waals surface area contributed by atoms with Crippen LogP contribution in [0, 0.1) is 6.92 Å². The minimum atomic E-state index is -0.0537. The van der Waals surface area contributed by atoms with Gasteiger partial charge in [-0.25, -0.2) is 9.97 Å². The lowest BCUT2D eigenvalue weighted by atomic mass is 10.00. The van der Waals surface area contributed by atoms with E-state index in [0.717, 1.165) is 12.0 Å². The van der Waals surface area contributed by atoms with Crippen LogP contribution in [0.2, 0.25) is 0 Å². The van der Waals surface area contributed by atoms with Crippen LogP contribution in [0.3, 0.4) is 0 Å². The summed E-state index contributed by atoms with van der Waals surface area (Å²) in [5.74, 6) is 1.18. The number of carbonyl (C=O) groups is 1. The molecule has 27 heavy (non-hydrogen) atoms. The Morgan fingerprint density at radius 2 is 1.89 bits per heavy atom. The normalized spacial score (nSPS) is 13.1. The van der Waals surface area contributed by atoms with Gasteiger partial charge in [0.05, 0.1) is 0 Å². The predicted octanol–water partition coefficient (Wildman–Crippen LogP) is 2.99. The van der Waals surface area contributed by atoms with Crippen molar-refractivity contribution >= 4 is 11.7 Å². The predicted molar refractivity (Wildman–Crippen MR) is 103 cm³/mol. The number of amides is 1. The maximum absolute atomic E-state index is 13.0. The molecule has 0 radical (unpaired) electrons. The molecular weight excluding hydrogens is 338 g/mol. The van der Waals surface area contributed by atoms with Crippen molar-refractivity contribution < 1.29 is 4.79 Å². The van der Waals surface area contributed by atoms with E-state index in [1.807, 2.05) is 29.2 Å². The Kier molecular flexibility index (Phi) is 4.78. The van der Waals surface area contributed by atoms with E-state index in [0.29, 0.717) is 37.0 Å². The van der Waals surface area contributed by atoms with E-state index >= 15 is 0 Å². The van der Waals surface area contributed by atoms with E-state index in [1.165, 1.54) is 11.1 Å². The molecule has 0 fully saturated rings. The molecule has 3 aromatic rings. The Hall–Kier alpha value is -3.28. The number of carbonyl (C=O) groups excluding carboxylic acids is 1. The molecule has 136 valence electrons. The molecule has 0 saturated carbocycles. The van der Waals surface area contributed by atoms with Gasteiger partial charge in [0.1, 0.15) is 17.3 Å². The van der Waals surface area contributed by atoms with Crippen LogP contribution in [0.5, 0.6) is 0 Å². The van der Waals surface area contributed by atoms with Crippen molar-refractivity contribution in [3.8, 4) is 0 Å². The summed E-state index contributed by atoms with van der Waals surface area (Å²) in [7, 11) is 0. The number of anilines is 1. The van der Waals surface area contributed by atoms with E-state index < -0.39 is 0 Å². The molecule has 1 N–H and O–H groups in total. The highest BCUT2D eigenvalue weighted by Crippen LogP contribution is 2.20. The lowest BCUT2D eigenvalue weighted by molar-refractivity contribution is 0.0728. The van der Waals surface area contributed by atoms with Gasteiger partial charge < -0.3 is 10.2 Å². The second kappa shape index (κ2) is 7.53. The number of pyridine rings is 1. The van der Waals surface area contributed by atoms with E-state index in [1.54, 1.807) is 25.4 Å². The number of fused-ring (bicyclic) bond motifs is 1. The third-order valence-corrected chi connectivity index (χ3v) is 4.70. The molecule has 3 heterocycles. The summed E-state index contributed by atoms with van der Waals surface area (Å²) in [5.41, 5.74) is 4.06. The van der Waals surface area contributed by atoms with Crippen LogP contribution in [0.15, 0.2) is 54.9 Å². The standard InChI is InChI=1S/C21H21N5O/c1-15-24-19(12-20(25-15)23-13-16-6-9-22-10-7-16)21(27)26-11-8-17-4-2-3-5-18(17)14-26/h2-7,9-10,12H,8,11,13-14H2,1H3,(H,23,24,25). The molecule has 0 spiro atoms. The molecule has 6 heteroatoms. The first kappa shape index (κ1) is 17.1. The Labute approximate surface area is 158 Å². The van der Waals surface area contributed by atoms with Crippen molar-refractivity contribution in [2.45, 2.75) is 26.4 Å². The molecule has 1 aromatic carbocycles. The monoisotopic (exact) mass is 359 g/mol. The van der Waals surface area contributed by atoms with Crippen LogP contribution < -0.4 is 5.32 Å². The zero-order chi connectivity index (χ0) is 18.6. The summed E-state index contributed by atoms with van der Waals surface area (Å²) in [4.78, 5) is 27.6. The number of nitrogens with one attached hydrogen (secondary N) is 1. The van der Waals surface area contributed by atoms with Crippen LogP contribution in [0.4, 0.5) is 5.82 Å². The van der Waals surface area contributed by atoms with Gasteiger partial charge in [0.15, 0.2) is 0 Å². The Morgan fingerprint density at radius 1 is 1.11 bits per heavy atom. The van der Waals surface area contributed by atoms with Crippen molar-refractivity contribution in [2.24, 2.45) is 0 Å². The van der Waals surface area contributed by atoms with Gasteiger partial charge in [0.25, 0.3) is 5.91 Å². The molecule has 0 aliphatic carbocycles. The van der Waals surface area contributed by atoms with Crippen molar-refractivity contribution in [3.05, 3.63) is 83.1 Å². The smallest absolute Gasteiger partial charge is 0.272 e. The zero-order valence-electron chi connectivity index (χ0n) is 15.2. The summed E-state index contributed by atoms with van der Waals surface area (Å²) < 4.78 is 0. The highest BCUT2D eigenvalue weighted by molar-refractivity contribution is 5.93. The minimum absolute atomic E-state index is 0.0537. The minimum Gasteiger partial charge on any atom is -0.366 e. The summed E-state index contributed by atoms with van der Waals surface area (Å²) in [5, 5.41) is 3.27. The fourth-order valence-corrected chi connectivity index (χ4v) is 3.29. The zero-order valence-corrected chi connectivity index (χ0v) is 15.2. The highest BCUT2D eigenvalue weighted by atomic mass is 16.2. The third kappa shape index (κ3) is 3.95. The SMILES string of the molecule is Cc1nc(NCc2ccncc2)cc(C(=O)N2CCc3ccccc3C2)n1. The van der Waals surface area contributed by atoms with E-state index in [-0.39, 0.29) is 5.91 Å². The lowest BCUT2D eigenvalue weighted by Crippen LogP contribution is -2.36. The number of nitrogens with zero attached hydrogens (tertiary/aromatic N) is 4. The fraction of sp³-hybridized carbons (Fsp3) is 0.238. The average molecular weight is 359 g/mol. The van der Waals surface area contributed by atoms with Crippen molar-refractivity contribution in [1.82, 2.24) is 19.9 Å². The summed E-state index contributed by atoms with van der Waals surface area (Å²) in [6, 6.07) is 13.9. The average Bonchev–Trinajstić information content (AvgIpc) is 2.72. The van der Waals surface area contributed by atoms with Crippen molar-refractivity contribution in [1.29, 1.82) is 0 Å². The second-order valence-corrected chi connectivity index (χ2v) is 6.64. The lowest BCUT2D eigenvalue weighted by Gasteiger charge is -2.28. The van der Waals surface area contributed by atoms with Gasteiger partial charge in [-0.1, -0.05) is 24.3 Å². The summed E-state index contributed by atoms with van der Waals surface area (Å²) in [6.45, 7) is 3.75. The van der Waals surface area contributed by atoms with Gasteiger partial charge >= 0.3 is 0 Å². The van der Waals surface area contributed by atoms with Crippen LogP contribution >= 0.6 is 0 Å². The fourth-order valence-electron chi connectivity index (χ4n) is 3.29. The Morgan fingerprint density at radius 3 is 2.70 bits per heavy atom. The number of hydrogen-bond donors (Lipinski definition) is 1. The van der Waals surface area contributed by atoms with E-state index in [9.17, 15) is 4.79 Å². The van der Waals surface area contributed by atoms with Crippen molar-refractivity contribution in [2.75, 3.05) is 11.9 Å². The Bertz CT molecular complexity index is 958. The first-order valence-corrected chi connectivity index (χ1v) is 9.03. The maximum atomic E-state index is 13.0. The molecule has 0 atom stereocenters. The summed E-state index contributed by atoms with van der Waals surface area (Å²) in [6.07, 6.45) is 4.38. The van der Waals surface area contributed by atoms with E-state index in [4.69, 9.17) is 0 Å². The molecule has 4 rings (SSSR count). The molecule has 0 unspecified atom stereocenters. The van der Waals surface area contributed by atoms with Crippen LogP contribution in [0.1, 0.15) is 33.0 Å². The quantitative estimate of drug-likeness (QED) is 0.775. The van der Waals surface area contributed by atoms with Crippen LogP contribution in [-0.4, -0.2) is 32.3 Å². The molecule has 1 amide bonds. The molecule has 2 aromatic heterocycles. The molecule has 1 aliphatic rings. The van der Waals surface area contributed by atoms with E-state index in [2.05, 4.69) is 32.4 Å². The molecule has 1 aliphatic heterocycles. The van der Waals surface area contributed by atoms with Gasteiger partial charge in [0.2, 0.25) is 0 Å². The van der Waals surface area contributed by atoms with Crippen molar-refractivity contribution in [3.63, 3.8) is 0 Å². The van der Waals surface area contributed by atoms with Gasteiger partial charge in [-0.05, 0) is 42.2 Å². The third-order valence-electron chi connectivity index (χ3n) is 4.70.